The molecule has 0 aliphatic carbocycles. The lowest BCUT2D eigenvalue weighted by molar-refractivity contribution is 0.228. The Balaban J connectivity index is 2.10. The average molecular weight is 285 g/mol. The van der Waals surface area contributed by atoms with Gasteiger partial charge in [0.25, 0.3) is 0 Å². The minimum Gasteiger partial charge on any atom is -0.382 e. The number of hydrogen-bond donors (Lipinski definition) is 2. The number of aromatic nitrogens is 2. The predicted molar refractivity (Wildman–Crippen MR) is 87.0 cm³/mol. The van der Waals surface area contributed by atoms with Gasteiger partial charge in [0.1, 0.15) is 11.6 Å². The monoisotopic (exact) mass is 285 g/mol. The van der Waals surface area contributed by atoms with E-state index in [9.17, 15) is 0 Å². The van der Waals surface area contributed by atoms with Gasteiger partial charge in [0.2, 0.25) is 0 Å². The molecule has 0 spiro atoms. The van der Waals surface area contributed by atoms with Gasteiger partial charge in [-0.25, -0.2) is 0 Å². The van der Waals surface area contributed by atoms with Crippen LogP contribution >= 0.6 is 0 Å². The Morgan fingerprint density at radius 1 is 1.05 bits per heavy atom. The molecule has 0 aliphatic heterocycles. The maximum Gasteiger partial charge on any atom is 0.148 e. The van der Waals surface area contributed by atoms with E-state index in [1.54, 1.807) is 6.07 Å². The van der Waals surface area contributed by atoms with Crippen LogP contribution in [0, 0.1) is 0 Å². The highest BCUT2D eigenvalue weighted by molar-refractivity contribution is 5.39. The Hall–Kier alpha value is -2.14. The number of nitrogens with two attached hydrogens (primary N) is 1. The summed E-state index contributed by atoms with van der Waals surface area (Å²) in [6, 6.07) is 14.4. The minimum atomic E-state index is 0.306. The van der Waals surface area contributed by atoms with Gasteiger partial charge < -0.3 is 11.1 Å². The van der Waals surface area contributed by atoms with Crippen LogP contribution in [0.1, 0.15) is 25.5 Å². The molecule has 0 aliphatic rings. The van der Waals surface area contributed by atoms with Crippen molar-refractivity contribution in [3.8, 4) is 0 Å². The summed E-state index contributed by atoms with van der Waals surface area (Å²) in [7, 11) is 0. The Morgan fingerprint density at radius 3 is 2.33 bits per heavy atom. The molecule has 0 bridgehead atoms. The first-order valence-corrected chi connectivity index (χ1v) is 7.36. The van der Waals surface area contributed by atoms with Gasteiger partial charge in [0.05, 0.1) is 6.04 Å². The zero-order valence-corrected chi connectivity index (χ0v) is 12.7. The maximum atomic E-state index is 5.56. The van der Waals surface area contributed by atoms with E-state index in [0.29, 0.717) is 11.9 Å². The van der Waals surface area contributed by atoms with E-state index in [-0.39, 0.29) is 0 Å². The van der Waals surface area contributed by atoms with E-state index in [2.05, 4.69) is 58.5 Å². The molecule has 5 nitrogen and oxygen atoms in total. The van der Waals surface area contributed by atoms with Gasteiger partial charge in [-0.15, -0.1) is 10.2 Å². The van der Waals surface area contributed by atoms with Gasteiger partial charge in [0, 0.05) is 6.54 Å². The number of likely N-dealkylation sites (N-methyl/N-ethyl adjacent to an activating group) is 1. The molecule has 1 atom stereocenters. The topological polar surface area (TPSA) is 67.1 Å². The van der Waals surface area contributed by atoms with Gasteiger partial charge in [0.15, 0.2) is 0 Å². The summed E-state index contributed by atoms with van der Waals surface area (Å²) in [6.07, 6.45) is 0. The van der Waals surface area contributed by atoms with Crippen LogP contribution in [-0.4, -0.2) is 34.7 Å². The summed E-state index contributed by atoms with van der Waals surface area (Å²) < 4.78 is 0. The average Bonchev–Trinajstić information content (AvgIpc) is 2.54. The largest absolute Gasteiger partial charge is 0.382 e. The lowest BCUT2D eigenvalue weighted by Crippen LogP contribution is -2.33. The molecular formula is C16H23N5. The smallest absolute Gasteiger partial charge is 0.148 e. The van der Waals surface area contributed by atoms with Gasteiger partial charge >= 0.3 is 0 Å². The zero-order chi connectivity index (χ0) is 15.1. The maximum absolute atomic E-state index is 5.56. The van der Waals surface area contributed by atoms with E-state index in [1.165, 1.54) is 5.56 Å². The predicted octanol–water partition coefficient (Wildman–Crippen LogP) is 2.55. The van der Waals surface area contributed by atoms with Crippen LogP contribution in [0.15, 0.2) is 42.5 Å². The first-order chi connectivity index (χ1) is 10.2. The molecule has 1 aromatic carbocycles. The molecule has 2 aromatic rings. The van der Waals surface area contributed by atoms with Gasteiger partial charge in [-0.3, -0.25) is 4.90 Å². The van der Waals surface area contributed by atoms with Crippen molar-refractivity contribution in [2.24, 2.45) is 0 Å². The number of nitrogen functional groups attached to an aromatic ring is 1. The minimum absolute atomic E-state index is 0.306. The number of nitrogens with zero attached hydrogens (tertiary/aromatic N) is 3. The molecule has 1 aromatic heterocycles. The summed E-state index contributed by atoms with van der Waals surface area (Å²) in [5, 5.41) is 11.3. The fourth-order valence-corrected chi connectivity index (χ4v) is 2.44. The van der Waals surface area contributed by atoms with Crippen molar-refractivity contribution in [1.82, 2.24) is 15.1 Å². The normalized spacial score (nSPS) is 12.3. The van der Waals surface area contributed by atoms with Crippen molar-refractivity contribution in [3.05, 3.63) is 48.0 Å². The first kappa shape index (κ1) is 15.3. The summed E-state index contributed by atoms with van der Waals surface area (Å²) in [5.74, 6) is 1.18. The molecule has 112 valence electrons. The molecule has 0 saturated heterocycles. The highest BCUT2D eigenvalue weighted by Crippen LogP contribution is 2.20. The highest BCUT2D eigenvalue weighted by Gasteiger charge is 2.17. The van der Waals surface area contributed by atoms with Crippen molar-refractivity contribution in [2.75, 3.05) is 30.7 Å². The standard InChI is InChI=1S/C16H23N5/c1-3-21(4-2)14(13-8-6-5-7-9-13)12-18-16-11-10-15(17)19-20-16/h5-11,14H,3-4,12H2,1-2H3,(H2,17,19)(H,18,20). The van der Waals surface area contributed by atoms with Crippen molar-refractivity contribution >= 4 is 11.6 Å². The van der Waals surface area contributed by atoms with Gasteiger partial charge in [-0.1, -0.05) is 44.2 Å². The molecule has 5 heteroatoms. The SMILES string of the molecule is CCN(CC)C(CNc1ccc(N)nn1)c1ccccc1. The molecule has 0 fully saturated rings. The second-order valence-electron chi connectivity index (χ2n) is 4.87. The summed E-state index contributed by atoms with van der Waals surface area (Å²) >= 11 is 0. The van der Waals surface area contributed by atoms with Crippen molar-refractivity contribution < 1.29 is 0 Å². The van der Waals surface area contributed by atoms with E-state index >= 15 is 0 Å². The summed E-state index contributed by atoms with van der Waals surface area (Å²) in [4.78, 5) is 2.42. The van der Waals surface area contributed by atoms with E-state index < -0.39 is 0 Å². The number of hydrogen-bond acceptors (Lipinski definition) is 5. The molecule has 0 radical (unpaired) electrons. The Bertz CT molecular complexity index is 522. The van der Waals surface area contributed by atoms with Crippen LogP contribution in [0.2, 0.25) is 0 Å². The Labute approximate surface area is 126 Å². The summed E-state index contributed by atoms with van der Waals surface area (Å²) in [6.45, 7) is 7.16. The van der Waals surface area contributed by atoms with Crippen molar-refractivity contribution in [1.29, 1.82) is 0 Å². The van der Waals surface area contributed by atoms with Crippen LogP contribution in [0.3, 0.4) is 0 Å². The molecule has 0 amide bonds. The van der Waals surface area contributed by atoms with E-state index in [4.69, 9.17) is 5.73 Å². The van der Waals surface area contributed by atoms with Gasteiger partial charge in [-0.05, 0) is 30.8 Å². The van der Waals surface area contributed by atoms with Crippen LogP contribution in [-0.2, 0) is 0 Å². The van der Waals surface area contributed by atoms with Crippen LogP contribution in [0.25, 0.3) is 0 Å². The number of anilines is 2. The Morgan fingerprint density at radius 2 is 1.76 bits per heavy atom. The number of rotatable bonds is 7. The number of nitrogens with one attached hydrogen (secondary N) is 1. The molecule has 3 N–H and O–H groups in total. The van der Waals surface area contributed by atoms with Crippen molar-refractivity contribution in [2.45, 2.75) is 19.9 Å². The molecular weight excluding hydrogens is 262 g/mol. The van der Waals surface area contributed by atoms with Crippen LogP contribution < -0.4 is 11.1 Å². The second kappa shape index (κ2) is 7.59. The highest BCUT2D eigenvalue weighted by atomic mass is 15.2. The van der Waals surface area contributed by atoms with Gasteiger partial charge in [-0.2, -0.15) is 0 Å². The fraction of sp³-hybridized carbons (Fsp3) is 0.375. The van der Waals surface area contributed by atoms with Crippen LogP contribution in [0.5, 0.6) is 0 Å². The molecule has 2 rings (SSSR count). The third-order valence-corrected chi connectivity index (χ3v) is 3.60. The second-order valence-corrected chi connectivity index (χ2v) is 4.87. The quantitative estimate of drug-likeness (QED) is 0.818. The fourth-order valence-electron chi connectivity index (χ4n) is 2.44. The first-order valence-electron chi connectivity index (χ1n) is 7.36. The third-order valence-electron chi connectivity index (χ3n) is 3.60. The molecule has 1 unspecified atom stereocenters. The molecule has 21 heavy (non-hydrogen) atoms. The lowest BCUT2D eigenvalue weighted by Gasteiger charge is -2.30. The van der Waals surface area contributed by atoms with Crippen molar-refractivity contribution in [3.63, 3.8) is 0 Å². The molecule has 1 heterocycles. The Kier molecular flexibility index (Phi) is 5.51. The lowest BCUT2D eigenvalue weighted by atomic mass is 10.1. The third kappa shape index (κ3) is 4.16. The molecule has 0 saturated carbocycles. The summed E-state index contributed by atoms with van der Waals surface area (Å²) in [5.41, 5.74) is 6.86. The zero-order valence-electron chi connectivity index (χ0n) is 12.7. The van der Waals surface area contributed by atoms with E-state index in [1.807, 2.05) is 12.1 Å². The number of benzene rings is 1. The van der Waals surface area contributed by atoms with E-state index in [0.717, 1.165) is 25.5 Å². The van der Waals surface area contributed by atoms with Crippen LogP contribution in [0.4, 0.5) is 11.6 Å².